The molecule has 4 atom stereocenters. The van der Waals surface area contributed by atoms with Gasteiger partial charge in [-0.3, -0.25) is 5.10 Å². The van der Waals surface area contributed by atoms with Crippen molar-refractivity contribution >= 4 is 11.0 Å². The summed E-state index contributed by atoms with van der Waals surface area (Å²) in [6.45, 7) is 2.05. The number of aromatic nitrogens is 4. The number of nitrogens with one attached hydrogen (secondary N) is 1. The lowest BCUT2D eigenvalue weighted by Crippen LogP contribution is -2.34. The Kier molecular flexibility index (Phi) is 4.96. The Hall–Kier alpha value is -3.16. The average Bonchev–Trinajstić information content (AvgIpc) is 3.56. The van der Waals surface area contributed by atoms with Crippen molar-refractivity contribution < 1.29 is 14.9 Å². The number of hydrogen-bond donors (Lipinski definition) is 3. The van der Waals surface area contributed by atoms with Gasteiger partial charge < -0.3 is 19.5 Å². The van der Waals surface area contributed by atoms with Gasteiger partial charge in [0.25, 0.3) is 0 Å². The van der Waals surface area contributed by atoms with Gasteiger partial charge in [-0.1, -0.05) is 0 Å². The van der Waals surface area contributed by atoms with E-state index in [4.69, 9.17) is 4.74 Å². The molecule has 7 heteroatoms. The zero-order valence-corrected chi connectivity index (χ0v) is 18.6. The molecule has 0 amide bonds. The summed E-state index contributed by atoms with van der Waals surface area (Å²) >= 11 is 0. The summed E-state index contributed by atoms with van der Waals surface area (Å²) in [6, 6.07) is 9.91. The number of benzene rings is 1. The Balaban J connectivity index is 1.33. The third kappa shape index (κ3) is 3.43. The molecule has 4 unspecified atom stereocenters. The van der Waals surface area contributed by atoms with E-state index >= 15 is 0 Å². The highest BCUT2D eigenvalue weighted by Gasteiger charge is 2.44. The van der Waals surface area contributed by atoms with E-state index in [-0.39, 0.29) is 6.04 Å². The number of aromatic amines is 1. The maximum Gasteiger partial charge on any atom is 0.140 e. The molecule has 33 heavy (non-hydrogen) atoms. The van der Waals surface area contributed by atoms with Crippen LogP contribution in [0.3, 0.4) is 0 Å². The summed E-state index contributed by atoms with van der Waals surface area (Å²) in [7, 11) is 0. The van der Waals surface area contributed by atoms with Crippen LogP contribution in [0.4, 0.5) is 0 Å². The Morgan fingerprint density at radius 3 is 2.79 bits per heavy atom. The molecule has 0 aliphatic heterocycles. The molecule has 3 N–H and O–H groups in total. The molecule has 6 rings (SSSR count). The number of aryl methyl sites for hydroxylation is 2. The highest BCUT2D eigenvalue weighted by molar-refractivity contribution is 5.79. The summed E-state index contributed by atoms with van der Waals surface area (Å²) in [5, 5.41) is 30.1. The molecular formula is C26H28N4O3. The summed E-state index contributed by atoms with van der Waals surface area (Å²) in [5.74, 6) is 0.806. The fourth-order valence-electron chi connectivity index (χ4n) is 5.49. The number of nitrogens with zero attached hydrogens (tertiary/aromatic N) is 3. The van der Waals surface area contributed by atoms with E-state index < -0.39 is 18.3 Å². The van der Waals surface area contributed by atoms with Crippen LogP contribution in [0.1, 0.15) is 42.0 Å². The minimum Gasteiger partial charge on any atom is -0.487 e. The van der Waals surface area contributed by atoms with E-state index in [0.717, 1.165) is 52.9 Å². The number of H-pyrrole nitrogens is 1. The zero-order chi connectivity index (χ0) is 22.5. The van der Waals surface area contributed by atoms with Gasteiger partial charge in [0.2, 0.25) is 0 Å². The van der Waals surface area contributed by atoms with E-state index in [0.29, 0.717) is 6.42 Å². The predicted octanol–water partition coefficient (Wildman–Crippen LogP) is 3.73. The molecule has 1 fully saturated rings. The van der Waals surface area contributed by atoms with Crippen molar-refractivity contribution in [3.05, 3.63) is 65.6 Å². The molecule has 0 radical (unpaired) electrons. The van der Waals surface area contributed by atoms with Gasteiger partial charge in [0, 0.05) is 36.0 Å². The molecule has 1 saturated carbocycles. The Morgan fingerprint density at radius 2 is 1.94 bits per heavy atom. The molecule has 2 aliphatic carbocycles. The number of aliphatic hydroxyl groups excluding tert-OH is 2. The van der Waals surface area contributed by atoms with Gasteiger partial charge in [0.15, 0.2) is 0 Å². The first-order chi connectivity index (χ1) is 16.1. The van der Waals surface area contributed by atoms with Gasteiger partial charge in [-0.2, -0.15) is 5.10 Å². The van der Waals surface area contributed by atoms with Gasteiger partial charge in [0.05, 0.1) is 11.7 Å². The van der Waals surface area contributed by atoms with Crippen LogP contribution in [0.15, 0.2) is 48.9 Å². The second-order valence-electron chi connectivity index (χ2n) is 9.32. The first-order valence-corrected chi connectivity index (χ1v) is 11.7. The summed E-state index contributed by atoms with van der Waals surface area (Å²) in [5.41, 5.74) is 6.46. The molecule has 3 heterocycles. The third-order valence-electron chi connectivity index (χ3n) is 7.30. The fraction of sp³-hybridized carbons (Fsp3) is 0.385. The van der Waals surface area contributed by atoms with Gasteiger partial charge in [-0.15, -0.1) is 0 Å². The number of ether oxygens (including phenoxy) is 1. The second kappa shape index (κ2) is 8.01. The van der Waals surface area contributed by atoms with E-state index in [1.165, 1.54) is 17.5 Å². The summed E-state index contributed by atoms with van der Waals surface area (Å²) in [4.78, 5) is 4.53. The number of rotatable bonds is 4. The van der Waals surface area contributed by atoms with Crippen LogP contribution >= 0.6 is 0 Å². The molecule has 2 aliphatic rings. The van der Waals surface area contributed by atoms with Crippen molar-refractivity contribution in [2.75, 3.05) is 0 Å². The SMILES string of the molecule is Cc1ccnc2c1ccn2C1CC(Oc2cc(-c3ccn[nH]3)cc3c2CCCC3)C(O)C1O. The quantitative estimate of drug-likeness (QED) is 0.446. The number of hydrogen-bond acceptors (Lipinski definition) is 5. The van der Waals surface area contributed by atoms with E-state index in [2.05, 4.69) is 28.2 Å². The van der Waals surface area contributed by atoms with Crippen LogP contribution in [0, 0.1) is 6.92 Å². The average molecular weight is 445 g/mol. The Labute approximate surface area is 192 Å². The summed E-state index contributed by atoms with van der Waals surface area (Å²) in [6.07, 6.45) is 7.85. The van der Waals surface area contributed by atoms with Gasteiger partial charge in [-0.25, -0.2) is 4.98 Å². The van der Waals surface area contributed by atoms with Crippen molar-refractivity contribution in [3.8, 4) is 17.0 Å². The van der Waals surface area contributed by atoms with E-state index in [1.807, 2.05) is 35.0 Å². The molecule has 7 nitrogen and oxygen atoms in total. The lowest BCUT2D eigenvalue weighted by atomic mass is 9.89. The first kappa shape index (κ1) is 20.4. The highest BCUT2D eigenvalue weighted by Crippen LogP contribution is 2.40. The molecule has 0 spiro atoms. The van der Waals surface area contributed by atoms with Crippen LogP contribution in [0.5, 0.6) is 5.75 Å². The molecule has 0 bridgehead atoms. The monoisotopic (exact) mass is 444 g/mol. The van der Waals surface area contributed by atoms with Crippen molar-refractivity contribution in [2.45, 2.75) is 63.4 Å². The van der Waals surface area contributed by atoms with Gasteiger partial charge >= 0.3 is 0 Å². The van der Waals surface area contributed by atoms with E-state index in [9.17, 15) is 10.2 Å². The van der Waals surface area contributed by atoms with Crippen molar-refractivity contribution in [2.24, 2.45) is 0 Å². The smallest absolute Gasteiger partial charge is 0.140 e. The first-order valence-electron chi connectivity index (χ1n) is 11.7. The van der Waals surface area contributed by atoms with Gasteiger partial charge in [0.1, 0.15) is 29.7 Å². The maximum absolute atomic E-state index is 11.0. The molecule has 3 aromatic heterocycles. The number of pyridine rings is 1. The standard InChI is InChI=1S/C26H28N4O3/c1-15-6-9-27-26-18(15)8-11-30(26)21-14-23(25(32)24(21)31)33-22-13-17(20-7-10-28-29-20)12-16-4-2-3-5-19(16)22/h6-13,21,23-25,31-32H,2-5,14H2,1H3,(H,28,29). The van der Waals surface area contributed by atoms with Crippen molar-refractivity contribution in [1.82, 2.24) is 19.7 Å². The number of aliphatic hydroxyl groups is 2. The van der Waals surface area contributed by atoms with Crippen LogP contribution in [0.2, 0.25) is 0 Å². The number of fused-ring (bicyclic) bond motifs is 2. The maximum atomic E-state index is 11.0. The van der Waals surface area contributed by atoms with Crippen LogP contribution < -0.4 is 4.74 Å². The largest absolute Gasteiger partial charge is 0.487 e. The molecular weight excluding hydrogens is 416 g/mol. The van der Waals surface area contributed by atoms with Crippen LogP contribution in [-0.2, 0) is 12.8 Å². The normalized spacial score (nSPS) is 24.8. The van der Waals surface area contributed by atoms with Crippen molar-refractivity contribution in [3.63, 3.8) is 0 Å². The minimum atomic E-state index is -0.979. The zero-order valence-electron chi connectivity index (χ0n) is 18.6. The van der Waals surface area contributed by atoms with Gasteiger partial charge in [-0.05, 0) is 79.6 Å². The van der Waals surface area contributed by atoms with Crippen LogP contribution in [-0.4, -0.2) is 48.3 Å². The Morgan fingerprint density at radius 1 is 1.06 bits per heavy atom. The predicted molar refractivity (Wildman–Crippen MR) is 125 cm³/mol. The van der Waals surface area contributed by atoms with Crippen LogP contribution in [0.25, 0.3) is 22.3 Å². The van der Waals surface area contributed by atoms with E-state index in [1.54, 1.807) is 12.4 Å². The summed E-state index contributed by atoms with van der Waals surface area (Å²) < 4.78 is 8.46. The lowest BCUT2D eigenvalue weighted by Gasteiger charge is -2.25. The molecule has 4 aromatic rings. The Bertz CT molecular complexity index is 1300. The highest BCUT2D eigenvalue weighted by atomic mass is 16.5. The lowest BCUT2D eigenvalue weighted by molar-refractivity contribution is -0.0166. The minimum absolute atomic E-state index is 0.302. The molecule has 0 saturated heterocycles. The van der Waals surface area contributed by atoms with Crippen molar-refractivity contribution in [1.29, 1.82) is 0 Å². The third-order valence-corrected chi connectivity index (χ3v) is 7.30. The molecule has 170 valence electrons. The topological polar surface area (TPSA) is 96.2 Å². The fourth-order valence-corrected chi connectivity index (χ4v) is 5.49. The second-order valence-corrected chi connectivity index (χ2v) is 9.32. The molecule has 1 aromatic carbocycles.